The molecule has 2 amide bonds. The lowest BCUT2D eigenvalue weighted by atomic mass is 10.0. The maximum atomic E-state index is 13.1. The highest BCUT2D eigenvalue weighted by Gasteiger charge is 2.34. The van der Waals surface area contributed by atoms with Gasteiger partial charge in [0.1, 0.15) is 11.3 Å². The van der Waals surface area contributed by atoms with Crippen molar-refractivity contribution in [2.24, 2.45) is 0 Å². The quantitative estimate of drug-likeness (QED) is 0.105. The van der Waals surface area contributed by atoms with Crippen LogP contribution in [0.4, 0.5) is 20.6 Å². The number of unbranched alkanes of at least 4 members (excludes halogenated alkanes) is 4. The summed E-state index contributed by atoms with van der Waals surface area (Å²) in [6.07, 6.45) is 6.10. The van der Waals surface area contributed by atoms with E-state index in [-0.39, 0.29) is 22.7 Å². The minimum Gasteiger partial charge on any atom is -0.353 e. The molecule has 1 fully saturated rings. The number of hydrogen-bond donors (Lipinski definition) is 1. The Bertz CT molecular complexity index is 1620. The lowest BCUT2D eigenvalue weighted by Gasteiger charge is -2.12. The molecule has 5 rings (SSSR count). The monoisotopic (exact) mass is 572 g/mol. The molecule has 3 aromatic carbocycles. The number of imide groups is 1. The molecule has 8 nitrogen and oxygen atoms in total. The number of nitrogens with one attached hydrogen (secondary N) is 1. The molecule has 0 spiro atoms. The molecule has 4 aromatic rings. The maximum absolute atomic E-state index is 13.1. The molecule has 1 aliphatic rings. The van der Waals surface area contributed by atoms with Crippen molar-refractivity contribution >= 4 is 57.2 Å². The third-order valence-electron chi connectivity index (χ3n) is 6.94. The number of carbonyl (C=O) groups excluding carboxylic acids is 3. The predicted octanol–water partition coefficient (Wildman–Crippen LogP) is 7.67. The van der Waals surface area contributed by atoms with Crippen LogP contribution >= 0.6 is 11.8 Å². The van der Waals surface area contributed by atoms with Crippen molar-refractivity contribution in [1.82, 2.24) is 15.2 Å². The first kappa shape index (κ1) is 28.2. The zero-order valence-corrected chi connectivity index (χ0v) is 23.4. The average molecular weight is 573 g/mol. The van der Waals surface area contributed by atoms with Crippen molar-refractivity contribution < 1.29 is 23.4 Å². The van der Waals surface area contributed by atoms with Crippen molar-refractivity contribution in [1.29, 1.82) is 0 Å². The number of Topliss-reactive ketones (excluding diaryl/α,β-unsaturated/α-hetero) is 1. The predicted molar refractivity (Wildman–Crippen MR) is 157 cm³/mol. The van der Waals surface area contributed by atoms with Crippen LogP contribution in [-0.4, -0.2) is 38.7 Å². The summed E-state index contributed by atoms with van der Waals surface area (Å²) >= 11 is 0.908. The van der Waals surface area contributed by atoms with Gasteiger partial charge in [0.25, 0.3) is 11.1 Å². The first-order chi connectivity index (χ1) is 19.9. The Labute approximate surface area is 240 Å². The lowest BCUT2D eigenvalue weighted by Crippen LogP contribution is -2.29. The minimum absolute atomic E-state index is 0.0560. The van der Waals surface area contributed by atoms with Gasteiger partial charge in [-0.25, -0.2) is 9.02 Å². The number of ketones is 1. The smallest absolute Gasteiger partial charge is 0.293 e. The summed E-state index contributed by atoms with van der Waals surface area (Å²) in [5.41, 5.74) is 4.96. The molecule has 10 heteroatoms. The Morgan fingerprint density at radius 1 is 0.927 bits per heavy atom. The number of para-hydroxylation sites is 1. The summed E-state index contributed by atoms with van der Waals surface area (Å²) in [5, 5.41) is 11.0. The Balaban J connectivity index is 1.06. The minimum atomic E-state index is -0.355. The first-order valence-electron chi connectivity index (χ1n) is 13.5. The third kappa shape index (κ3) is 6.71. The van der Waals surface area contributed by atoms with E-state index < -0.39 is 0 Å². The molecule has 0 aliphatic carbocycles. The summed E-state index contributed by atoms with van der Waals surface area (Å²) < 4.78 is 18.0. The molecule has 0 bridgehead atoms. The fraction of sp³-hybridized carbons (Fsp3) is 0.258. The van der Waals surface area contributed by atoms with Gasteiger partial charge < -0.3 is 5.32 Å². The first-order valence-corrected chi connectivity index (χ1v) is 14.3. The number of aryl methyl sites for hydroxylation is 1. The van der Waals surface area contributed by atoms with Crippen molar-refractivity contribution in [3.63, 3.8) is 0 Å². The van der Waals surface area contributed by atoms with Gasteiger partial charge in [-0.05, 0) is 89.4 Å². The van der Waals surface area contributed by atoms with Crippen LogP contribution < -0.4 is 5.32 Å². The van der Waals surface area contributed by atoms with Crippen LogP contribution in [-0.2, 0) is 4.79 Å². The van der Waals surface area contributed by atoms with Crippen LogP contribution in [0, 0.1) is 12.7 Å². The summed E-state index contributed by atoms with van der Waals surface area (Å²) in [7, 11) is 0. The Morgan fingerprint density at radius 3 is 2.49 bits per heavy atom. The van der Waals surface area contributed by atoms with Crippen LogP contribution in [0.1, 0.15) is 60.0 Å². The molecular weight excluding hydrogens is 543 g/mol. The van der Waals surface area contributed by atoms with Gasteiger partial charge in [0.05, 0.1) is 10.6 Å². The van der Waals surface area contributed by atoms with E-state index in [1.165, 1.54) is 17.0 Å². The zero-order valence-electron chi connectivity index (χ0n) is 22.6. The number of anilines is 2. The number of fused-ring (bicyclic) bond motifs is 1. The fourth-order valence-electron chi connectivity index (χ4n) is 4.70. The van der Waals surface area contributed by atoms with Gasteiger partial charge in [0, 0.05) is 24.2 Å². The van der Waals surface area contributed by atoms with Gasteiger partial charge in [0.15, 0.2) is 11.3 Å². The van der Waals surface area contributed by atoms with Crippen LogP contribution in [0.2, 0.25) is 0 Å². The topological polar surface area (TPSA) is 105 Å². The van der Waals surface area contributed by atoms with E-state index in [0.717, 1.165) is 48.7 Å². The molecule has 1 N–H and O–H groups in total. The van der Waals surface area contributed by atoms with E-state index in [4.69, 9.17) is 4.63 Å². The largest absolute Gasteiger partial charge is 0.353 e. The molecule has 210 valence electrons. The highest BCUT2D eigenvalue weighted by atomic mass is 32.2. The molecule has 1 saturated heterocycles. The highest BCUT2D eigenvalue weighted by Crippen LogP contribution is 2.33. The molecule has 2 heterocycles. The van der Waals surface area contributed by atoms with E-state index in [1.807, 2.05) is 43.3 Å². The second kappa shape index (κ2) is 12.9. The standard InChI is InChI=1S/C31H29FN4O4S/c1-20-12-17-25(29-28(20)34-40-35-29)33-24-10-7-6-9-23(24)26(37)11-5-3-2-4-8-18-36-30(38)27(41-31(36)39)19-21-13-15-22(32)16-14-21/h6-7,9-10,12-17,19,33H,2-5,8,11,18H2,1H3/b27-19-. The van der Waals surface area contributed by atoms with Crippen LogP contribution in [0.25, 0.3) is 17.1 Å². The number of thioether (sulfide) groups is 1. The number of amides is 2. The van der Waals surface area contributed by atoms with Gasteiger partial charge in [0.2, 0.25) is 0 Å². The highest BCUT2D eigenvalue weighted by molar-refractivity contribution is 8.18. The van der Waals surface area contributed by atoms with Crippen molar-refractivity contribution in [3.8, 4) is 0 Å². The number of nitrogens with zero attached hydrogens (tertiary/aromatic N) is 3. The Morgan fingerprint density at radius 2 is 1.66 bits per heavy atom. The molecule has 1 aromatic heterocycles. The molecule has 0 radical (unpaired) electrons. The van der Waals surface area contributed by atoms with E-state index in [2.05, 4.69) is 15.6 Å². The van der Waals surface area contributed by atoms with E-state index >= 15 is 0 Å². The molecule has 0 saturated carbocycles. The second-order valence-corrected chi connectivity index (χ2v) is 10.9. The van der Waals surface area contributed by atoms with Crippen molar-refractivity contribution in [2.45, 2.75) is 45.4 Å². The van der Waals surface area contributed by atoms with Crippen molar-refractivity contribution in [2.75, 3.05) is 11.9 Å². The summed E-state index contributed by atoms with van der Waals surface area (Å²) in [4.78, 5) is 39.7. The van der Waals surface area contributed by atoms with Gasteiger partial charge in [-0.15, -0.1) is 0 Å². The molecule has 41 heavy (non-hydrogen) atoms. The Kier molecular flexibility index (Phi) is 8.88. The van der Waals surface area contributed by atoms with E-state index in [1.54, 1.807) is 18.2 Å². The van der Waals surface area contributed by atoms with Crippen LogP contribution in [0.3, 0.4) is 0 Å². The number of rotatable bonds is 12. The van der Waals surface area contributed by atoms with Crippen LogP contribution in [0.5, 0.6) is 0 Å². The average Bonchev–Trinajstić information content (AvgIpc) is 3.57. The van der Waals surface area contributed by atoms with Crippen molar-refractivity contribution in [3.05, 3.63) is 88.1 Å². The number of halogens is 1. The van der Waals surface area contributed by atoms with Gasteiger partial charge in [-0.1, -0.05) is 49.6 Å². The van der Waals surface area contributed by atoms with E-state index in [0.29, 0.717) is 52.1 Å². The van der Waals surface area contributed by atoms with Gasteiger partial charge in [-0.3, -0.25) is 19.3 Å². The normalized spacial score (nSPS) is 14.4. The van der Waals surface area contributed by atoms with E-state index in [9.17, 15) is 18.8 Å². The summed E-state index contributed by atoms with van der Waals surface area (Å²) in [6, 6.07) is 17.0. The summed E-state index contributed by atoms with van der Waals surface area (Å²) in [5.74, 6) is -0.611. The summed E-state index contributed by atoms with van der Waals surface area (Å²) in [6.45, 7) is 2.29. The third-order valence-corrected chi connectivity index (χ3v) is 7.85. The number of carbonyl (C=O) groups is 3. The molecular formula is C31H29FN4O4S. The zero-order chi connectivity index (χ0) is 28.8. The molecule has 0 atom stereocenters. The Hall–Kier alpha value is -4.31. The number of benzene rings is 3. The molecule has 0 unspecified atom stereocenters. The SMILES string of the molecule is Cc1ccc(Nc2ccccc2C(=O)CCCCCCCN2C(=O)S/C(=C\c3ccc(F)cc3)C2=O)c2nonc12. The fourth-order valence-corrected chi connectivity index (χ4v) is 5.56. The van der Waals surface area contributed by atoms with Gasteiger partial charge >= 0.3 is 0 Å². The lowest BCUT2D eigenvalue weighted by molar-refractivity contribution is -0.122. The second-order valence-electron chi connectivity index (χ2n) is 9.89. The number of hydrogen-bond acceptors (Lipinski definition) is 8. The maximum Gasteiger partial charge on any atom is 0.293 e. The number of aromatic nitrogens is 2. The molecule has 1 aliphatic heterocycles. The van der Waals surface area contributed by atoms with Gasteiger partial charge in [-0.2, -0.15) is 0 Å². The van der Waals surface area contributed by atoms with Crippen LogP contribution in [0.15, 0.2) is 70.2 Å².